The molecule has 0 spiro atoms. The van der Waals surface area contributed by atoms with E-state index in [4.69, 9.17) is 0 Å². The van der Waals surface area contributed by atoms with Gasteiger partial charge in [-0.25, -0.2) is 0 Å². The second-order valence-corrected chi connectivity index (χ2v) is 7.23. The number of amides is 1. The van der Waals surface area contributed by atoms with Crippen LogP contribution in [0.3, 0.4) is 0 Å². The number of benzene rings is 2. The van der Waals surface area contributed by atoms with Gasteiger partial charge < -0.3 is 10.6 Å². The van der Waals surface area contributed by atoms with Crippen molar-refractivity contribution in [1.82, 2.24) is 0 Å². The largest absolute Gasteiger partial charge is 0.385 e. The average molecular weight is 362 g/mol. The Labute approximate surface area is 150 Å². The highest BCUT2D eigenvalue weighted by Crippen LogP contribution is 2.35. The zero-order chi connectivity index (χ0) is 17.8. The summed E-state index contributed by atoms with van der Waals surface area (Å²) in [6.07, 6.45) is 2.58. The van der Waals surface area contributed by atoms with Gasteiger partial charge in [0.2, 0.25) is 5.91 Å². The summed E-state index contributed by atoms with van der Waals surface area (Å²) in [5.41, 5.74) is 3.26. The number of halogens is 2. The Hall–Kier alpha value is -2.08. The lowest BCUT2D eigenvalue weighted by atomic mass is 10.0. The van der Waals surface area contributed by atoms with Crippen molar-refractivity contribution in [1.29, 1.82) is 0 Å². The highest BCUT2D eigenvalue weighted by molar-refractivity contribution is 7.99. The van der Waals surface area contributed by atoms with Gasteiger partial charge in [-0.15, -0.1) is 0 Å². The molecule has 1 aliphatic carbocycles. The number of anilines is 2. The summed E-state index contributed by atoms with van der Waals surface area (Å²) in [5, 5.41) is 6.16. The van der Waals surface area contributed by atoms with Gasteiger partial charge in [0.25, 0.3) is 5.76 Å². The van der Waals surface area contributed by atoms with Crippen molar-refractivity contribution in [3.63, 3.8) is 0 Å². The van der Waals surface area contributed by atoms with Crippen molar-refractivity contribution in [2.45, 2.75) is 30.4 Å². The Balaban J connectivity index is 1.84. The highest BCUT2D eigenvalue weighted by Gasteiger charge is 2.20. The average Bonchev–Trinajstić information content (AvgIpc) is 3.38. The Kier molecular flexibility index (Phi) is 5.58. The first-order valence-corrected chi connectivity index (χ1v) is 9.10. The van der Waals surface area contributed by atoms with Gasteiger partial charge >= 0.3 is 0 Å². The molecular weight excluding hydrogens is 342 g/mol. The van der Waals surface area contributed by atoms with Gasteiger partial charge in [0.05, 0.1) is 0 Å². The van der Waals surface area contributed by atoms with Crippen molar-refractivity contribution >= 4 is 29.0 Å². The quantitative estimate of drug-likeness (QED) is 0.644. The molecule has 2 aromatic carbocycles. The molecule has 0 aromatic heterocycles. The fraction of sp³-hybridized carbons (Fsp3) is 0.316. The van der Waals surface area contributed by atoms with E-state index in [0.29, 0.717) is 22.3 Å². The Morgan fingerprint density at radius 2 is 1.92 bits per heavy atom. The molecule has 0 atom stereocenters. The number of carbonyl (C=O) groups is 1. The molecule has 1 saturated carbocycles. The number of carbonyl (C=O) groups excluding carboxylic acids is 1. The predicted molar refractivity (Wildman–Crippen MR) is 99.3 cm³/mol. The molecule has 0 bridgehead atoms. The minimum absolute atomic E-state index is 0.196. The first-order valence-electron chi connectivity index (χ1n) is 8.22. The lowest BCUT2D eigenvalue weighted by Gasteiger charge is -2.13. The monoisotopic (exact) mass is 362 g/mol. The fourth-order valence-corrected chi connectivity index (χ4v) is 3.13. The van der Waals surface area contributed by atoms with E-state index in [9.17, 15) is 13.6 Å². The van der Waals surface area contributed by atoms with Gasteiger partial charge in [-0.1, -0.05) is 23.9 Å². The molecular formula is C19H20F2N2OS. The van der Waals surface area contributed by atoms with Crippen molar-refractivity contribution in [2.24, 2.45) is 5.92 Å². The molecule has 0 unspecified atom stereocenters. The normalized spacial score (nSPS) is 13.8. The molecule has 0 radical (unpaired) electrons. The molecule has 1 fully saturated rings. The first kappa shape index (κ1) is 17.7. The maximum absolute atomic E-state index is 12.7. The second-order valence-electron chi connectivity index (χ2n) is 6.17. The van der Waals surface area contributed by atoms with Crippen LogP contribution in [0.25, 0.3) is 11.1 Å². The third-order valence-corrected chi connectivity index (χ3v) is 4.72. The number of hydrogen-bond acceptors (Lipinski definition) is 3. The molecule has 6 heteroatoms. The molecule has 0 aliphatic heterocycles. The van der Waals surface area contributed by atoms with Crippen LogP contribution < -0.4 is 10.6 Å². The second kappa shape index (κ2) is 7.87. The van der Waals surface area contributed by atoms with E-state index in [1.54, 1.807) is 18.2 Å². The molecule has 3 nitrogen and oxygen atoms in total. The summed E-state index contributed by atoms with van der Waals surface area (Å²) >= 11 is 0.498. The Bertz CT molecular complexity index is 746. The highest BCUT2D eigenvalue weighted by atomic mass is 32.2. The third kappa shape index (κ3) is 5.19. The number of hydrogen-bond donors (Lipinski definition) is 2. The molecule has 2 aromatic rings. The van der Waals surface area contributed by atoms with Crippen LogP contribution in [0.15, 0.2) is 47.4 Å². The molecule has 2 N–H and O–H groups in total. The summed E-state index contributed by atoms with van der Waals surface area (Å²) in [7, 11) is 0. The van der Waals surface area contributed by atoms with Crippen molar-refractivity contribution in [2.75, 3.05) is 17.2 Å². The van der Waals surface area contributed by atoms with Gasteiger partial charge in [-0.3, -0.25) is 4.79 Å². The number of nitrogens with one attached hydrogen (secondary N) is 2. The SMILES string of the molecule is CC(=O)Nc1ccc(SC(F)F)cc1-c1ccc(NCC2CC2)cc1. The van der Waals surface area contributed by atoms with Crippen LogP contribution in [0.4, 0.5) is 20.2 Å². The van der Waals surface area contributed by atoms with Crippen molar-refractivity contribution in [3.8, 4) is 11.1 Å². The number of rotatable bonds is 7. The Morgan fingerprint density at radius 3 is 2.52 bits per heavy atom. The van der Waals surface area contributed by atoms with E-state index < -0.39 is 5.76 Å². The van der Waals surface area contributed by atoms with E-state index in [0.717, 1.165) is 29.3 Å². The topological polar surface area (TPSA) is 41.1 Å². The first-order chi connectivity index (χ1) is 12.0. The van der Waals surface area contributed by atoms with Crippen LogP contribution in [-0.4, -0.2) is 18.2 Å². The minimum atomic E-state index is -2.48. The zero-order valence-electron chi connectivity index (χ0n) is 13.9. The van der Waals surface area contributed by atoms with Crippen molar-refractivity contribution < 1.29 is 13.6 Å². The molecule has 0 saturated heterocycles. The van der Waals surface area contributed by atoms with Gasteiger partial charge in [-0.2, -0.15) is 8.78 Å². The van der Waals surface area contributed by atoms with Crippen LogP contribution in [0.5, 0.6) is 0 Å². The molecule has 25 heavy (non-hydrogen) atoms. The van der Waals surface area contributed by atoms with Gasteiger partial charge in [0.1, 0.15) is 0 Å². The van der Waals surface area contributed by atoms with E-state index in [1.165, 1.54) is 19.8 Å². The van der Waals surface area contributed by atoms with Crippen LogP contribution in [-0.2, 0) is 4.79 Å². The molecule has 3 rings (SSSR count). The maximum atomic E-state index is 12.7. The predicted octanol–water partition coefficient (Wildman–Crippen LogP) is 5.45. The maximum Gasteiger partial charge on any atom is 0.288 e. The van der Waals surface area contributed by atoms with E-state index >= 15 is 0 Å². The summed E-state index contributed by atoms with van der Waals surface area (Å²) in [6, 6.07) is 12.8. The molecule has 1 aliphatic rings. The van der Waals surface area contributed by atoms with Gasteiger partial charge in [0, 0.05) is 35.3 Å². The molecule has 0 heterocycles. The van der Waals surface area contributed by atoms with E-state index in [2.05, 4.69) is 10.6 Å². The summed E-state index contributed by atoms with van der Waals surface area (Å²) in [5.74, 6) is -1.89. The van der Waals surface area contributed by atoms with Crippen molar-refractivity contribution in [3.05, 3.63) is 42.5 Å². The van der Waals surface area contributed by atoms with Crippen LogP contribution in [0.1, 0.15) is 19.8 Å². The molecule has 1 amide bonds. The van der Waals surface area contributed by atoms with E-state index in [-0.39, 0.29) is 5.91 Å². The zero-order valence-corrected chi connectivity index (χ0v) is 14.7. The summed E-state index contributed by atoms with van der Waals surface area (Å²) < 4.78 is 25.3. The minimum Gasteiger partial charge on any atom is -0.385 e. The standard InChI is InChI=1S/C19H20F2N2OS/c1-12(24)23-18-9-8-16(25-19(20)21)10-17(18)14-4-6-15(7-5-14)22-11-13-2-3-13/h4-10,13,19,22H,2-3,11H2,1H3,(H,23,24). The van der Waals surface area contributed by atoms with Crippen LogP contribution >= 0.6 is 11.8 Å². The smallest absolute Gasteiger partial charge is 0.288 e. The number of alkyl halides is 2. The van der Waals surface area contributed by atoms with Gasteiger partial charge in [-0.05, 0) is 54.7 Å². The fourth-order valence-electron chi connectivity index (χ4n) is 2.59. The van der Waals surface area contributed by atoms with E-state index in [1.807, 2.05) is 24.3 Å². The third-order valence-electron chi connectivity index (χ3n) is 4.01. The summed E-state index contributed by atoms with van der Waals surface area (Å²) in [6.45, 7) is 2.41. The van der Waals surface area contributed by atoms with Gasteiger partial charge in [0.15, 0.2) is 0 Å². The van der Waals surface area contributed by atoms with Crippen LogP contribution in [0, 0.1) is 5.92 Å². The summed E-state index contributed by atoms with van der Waals surface area (Å²) in [4.78, 5) is 11.9. The molecule has 132 valence electrons. The number of thioether (sulfide) groups is 1. The van der Waals surface area contributed by atoms with Crippen LogP contribution in [0.2, 0.25) is 0 Å². The lowest BCUT2D eigenvalue weighted by molar-refractivity contribution is -0.114. The Morgan fingerprint density at radius 1 is 1.20 bits per heavy atom. The lowest BCUT2D eigenvalue weighted by Crippen LogP contribution is -2.07.